The van der Waals surface area contributed by atoms with Gasteiger partial charge in [0.2, 0.25) is 0 Å². The van der Waals surface area contributed by atoms with Gasteiger partial charge in [-0.3, -0.25) is 14.3 Å². The predicted octanol–water partition coefficient (Wildman–Crippen LogP) is -0.0908. The number of nitrogens with zero attached hydrogens (tertiary/aromatic N) is 1. The molecule has 124 valence electrons. The van der Waals surface area contributed by atoms with Crippen LogP contribution < -0.4 is 11.2 Å². The molecule has 4 atom stereocenters. The molecule has 1 fully saturated rings. The van der Waals surface area contributed by atoms with E-state index >= 15 is 0 Å². The summed E-state index contributed by atoms with van der Waals surface area (Å²) in [5.74, 6) is 0. The number of H-pyrrole nitrogens is 1. The van der Waals surface area contributed by atoms with E-state index in [2.05, 4.69) is 24.6 Å². The summed E-state index contributed by atoms with van der Waals surface area (Å²) in [6.45, 7) is 3.01. The fourth-order valence-electron chi connectivity index (χ4n) is 2.54. The van der Waals surface area contributed by atoms with E-state index in [1.807, 2.05) is 0 Å². The van der Waals surface area contributed by atoms with Gasteiger partial charge in [-0.2, -0.15) is 0 Å². The second-order valence-electron chi connectivity index (χ2n) is 6.22. The maximum atomic E-state index is 11.9. The van der Waals surface area contributed by atoms with Gasteiger partial charge in [0.25, 0.3) is 5.56 Å². The van der Waals surface area contributed by atoms with Gasteiger partial charge in [0.15, 0.2) is 6.23 Å². The Labute approximate surface area is 128 Å². The van der Waals surface area contributed by atoms with Gasteiger partial charge in [-0.15, -0.1) is 13.2 Å². The van der Waals surface area contributed by atoms with Crippen LogP contribution in [0.1, 0.15) is 12.6 Å². The third-order valence-electron chi connectivity index (χ3n) is 3.73. The molecule has 2 heterocycles. The van der Waals surface area contributed by atoms with Crippen LogP contribution in [-0.2, 0) is 9.47 Å². The Morgan fingerprint density at radius 2 is 2.18 bits per heavy atom. The maximum Gasteiger partial charge on any atom is 0.330 e. The third kappa shape index (κ3) is 3.79. The van der Waals surface area contributed by atoms with Gasteiger partial charge in [0.05, 0.1) is 6.10 Å². The summed E-state index contributed by atoms with van der Waals surface area (Å²) < 4.78 is 12.4. The van der Waals surface area contributed by atoms with Crippen LogP contribution >= 0.6 is 6.89 Å². The lowest BCUT2D eigenvalue weighted by atomic mass is 10.1. The molecule has 0 aliphatic carbocycles. The second kappa shape index (κ2) is 6.54. The summed E-state index contributed by atoms with van der Waals surface area (Å²) in [7, 11) is 1.46. The van der Waals surface area contributed by atoms with Gasteiger partial charge in [-0.05, 0) is 25.9 Å². The number of aliphatic hydroxyl groups is 1. The highest BCUT2D eigenvalue weighted by atomic mass is 31.2. The van der Waals surface area contributed by atoms with Gasteiger partial charge in [0.1, 0.15) is 12.2 Å². The molecule has 1 unspecified atom stereocenters. The van der Waals surface area contributed by atoms with Crippen LogP contribution in [-0.4, -0.2) is 65.9 Å². The van der Waals surface area contributed by atoms with E-state index in [9.17, 15) is 14.7 Å². The van der Waals surface area contributed by atoms with Crippen molar-refractivity contribution in [3.8, 4) is 0 Å². The highest BCUT2D eigenvalue weighted by Gasteiger charge is 2.45. The molecule has 0 radical (unpaired) electrons. The van der Waals surface area contributed by atoms with E-state index in [1.54, 1.807) is 0 Å². The van der Waals surface area contributed by atoms with E-state index in [0.29, 0.717) is 6.42 Å². The molecular weight excluding hydrogens is 307 g/mol. The van der Waals surface area contributed by atoms with E-state index < -0.39 is 42.7 Å². The minimum atomic E-state index is -1.23. The van der Waals surface area contributed by atoms with Gasteiger partial charge < -0.3 is 14.6 Å². The number of nitrogens with one attached hydrogen (secondary N) is 1. The van der Waals surface area contributed by atoms with E-state index in [1.165, 1.54) is 23.9 Å². The number of methoxy groups -OCH3 is 1. The molecule has 0 spiro atoms. The van der Waals surface area contributed by atoms with Crippen LogP contribution in [0.15, 0.2) is 21.9 Å². The van der Waals surface area contributed by atoms with Crippen molar-refractivity contribution in [1.82, 2.24) is 9.55 Å². The Morgan fingerprint density at radius 1 is 1.50 bits per heavy atom. The van der Waals surface area contributed by atoms with Gasteiger partial charge in [-0.25, -0.2) is 4.79 Å². The molecular formula is C14H23N2O5P. The Hall–Kier alpha value is -1.14. The molecule has 22 heavy (non-hydrogen) atoms. The monoisotopic (exact) mass is 330 g/mol. The summed E-state index contributed by atoms with van der Waals surface area (Å²) in [5.41, 5.74) is -1.06. The summed E-state index contributed by atoms with van der Waals surface area (Å²) in [6, 6.07) is 1.24. The molecule has 2 N–H and O–H groups in total. The highest BCUT2D eigenvalue weighted by molar-refractivity contribution is 7.72. The number of aromatic amines is 1. The first kappa shape index (κ1) is 17.2. The van der Waals surface area contributed by atoms with Crippen molar-refractivity contribution in [3.63, 3.8) is 0 Å². The normalized spacial score (nSPS) is 28.9. The molecule has 1 saturated heterocycles. The number of aliphatic hydroxyl groups excluding tert-OH is 1. The molecule has 0 saturated carbocycles. The lowest BCUT2D eigenvalue weighted by Crippen LogP contribution is -2.38. The van der Waals surface area contributed by atoms with Crippen molar-refractivity contribution >= 4 is 13.2 Å². The molecule has 1 aliphatic rings. The zero-order chi connectivity index (χ0) is 16.5. The van der Waals surface area contributed by atoms with Crippen LogP contribution in [0.25, 0.3) is 0 Å². The Balaban J connectivity index is 2.23. The SMILES string of the molecule is C=P(C)(C)CC[C@H]1OC(n2ccc(=O)[nH]c2=O)[C@H](OC)[C@@H]1O. The molecule has 7 nitrogen and oxygen atoms in total. The average molecular weight is 330 g/mol. The third-order valence-corrected chi connectivity index (χ3v) is 5.20. The lowest BCUT2D eigenvalue weighted by Gasteiger charge is -2.20. The number of rotatable bonds is 5. The van der Waals surface area contributed by atoms with Crippen molar-refractivity contribution < 1.29 is 14.6 Å². The second-order valence-corrected chi connectivity index (χ2v) is 10.5. The summed E-state index contributed by atoms with van der Waals surface area (Å²) in [5, 5.41) is 10.4. The first-order valence-corrected chi connectivity index (χ1v) is 10.1. The zero-order valence-corrected chi connectivity index (χ0v) is 14.0. The van der Waals surface area contributed by atoms with E-state index in [-0.39, 0.29) is 0 Å². The van der Waals surface area contributed by atoms with Crippen LogP contribution in [0.3, 0.4) is 0 Å². The first-order chi connectivity index (χ1) is 10.2. The van der Waals surface area contributed by atoms with E-state index in [4.69, 9.17) is 9.47 Å². The number of hydrogen-bond acceptors (Lipinski definition) is 5. The Bertz CT molecular complexity index is 676. The fraction of sp³-hybridized carbons (Fsp3) is 0.643. The molecule has 2 rings (SSSR count). The van der Waals surface area contributed by atoms with E-state index in [0.717, 1.165) is 6.16 Å². The fourth-order valence-corrected chi connectivity index (χ4v) is 3.49. The summed E-state index contributed by atoms with van der Waals surface area (Å²) >= 11 is 0. The molecule has 8 heteroatoms. The minimum absolute atomic E-state index is 0.421. The smallest absolute Gasteiger partial charge is 0.330 e. The van der Waals surface area contributed by atoms with Gasteiger partial charge in [-0.1, -0.05) is 0 Å². The molecule has 1 aromatic rings. The summed E-state index contributed by atoms with van der Waals surface area (Å²) in [4.78, 5) is 25.2. The molecule has 1 aromatic heterocycles. The molecule has 0 bridgehead atoms. The highest BCUT2D eigenvalue weighted by Crippen LogP contribution is 2.39. The van der Waals surface area contributed by atoms with Crippen LogP contribution in [0.2, 0.25) is 0 Å². The molecule has 0 amide bonds. The van der Waals surface area contributed by atoms with Crippen LogP contribution in [0.4, 0.5) is 0 Å². The molecule has 0 aromatic carbocycles. The van der Waals surface area contributed by atoms with Crippen LogP contribution in [0, 0.1) is 0 Å². The Kier molecular flexibility index (Phi) is 5.12. The maximum absolute atomic E-state index is 11.9. The number of ether oxygens (including phenoxy) is 2. The first-order valence-electron chi connectivity index (χ1n) is 7.08. The number of aromatic nitrogens is 2. The van der Waals surface area contributed by atoms with Crippen molar-refractivity contribution in [1.29, 1.82) is 0 Å². The minimum Gasteiger partial charge on any atom is -0.388 e. The topological polar surface area (TPSA) is 93.6 Å². The van der Waals surface area contributed by atoms with Crippen molar-refractivity contribution in [2.24, 2.45) is 0 Å². The van der Waals surface area contributed by atoms with Crippen molar-refractivity contribution in [2.45, 2.75) is 31.0 Å². The predicted molar refractivity (Wildman–Crippen MR) is 87.4 cm³/mol. The van der Waals surface area contributed by atoms with Crippen molar-refractivity contribution in [2.75, 3.05) is 26.6 Å². The molecule has 1 aliphatic heterocycles. The standard InChI is InChI=1S/C14H23N2O5P/c1-20-12-11(18)9(6-8-22(2,3)4)21-13(12)16-7-5-10(17)15-14(16)19/h5,7,9,11-13,18H,2,6,8H2,1,3-4H3,(H,15,17,19)/t9-,11-,12-,13?/m1/s1. The van der Waals surface area contributed by atoms with Crippen molar-refractivity contribution in [3.05, 3.63) is 33.1 Å². The van der Waals surface area contributed by atoms with Crippen LogP contribution in [0.5, 0.6) is 0 Å². The lowest BCUT2D eigenvalue weighted by molar-refractivity contribution is -0.0541. The quantitative estimate of drug-likeness (QED) is 0.736. The number of hydrogen-bond donors (Lipinski definition) is 2. The zero-order valence-electron chi connectivity index (χ0n) is 13.1. The average Bonchev–Trinajstić information content (AvgIpc) is 2.72. The van der Waals surface area contributed by atoms with Gasteiger partial charge >= 0.3 is 5.69 Å². The Morgan fingerprint density at radius 3 is 2.73 bits per heavy atom. The van der Waals surface area contributed by atoms with Gasteiger partial charge in [0, 0.05) is 19.4 Å². The largest absolute Gasteiger partial charge is 0.388 e. The summed E-state index contributed by atoms with van der Waals surface area (Å²) in [6.07, 6.45) is 4.34.